The van der Waals surface area contributed by atoms with E-state index in [1.165, 1.54) is 0 Å². The van der Waals surface area contributed by atoms with Crippen molar-refractivity contribution in [2.45, 2.75) is 65.0 Å². The molecule has 0 bridgehead atoms. The molecular formula is C14H25NO4. The van der Waals surface area contributed by atoms with Gasteiger partial charge in [0, 0.05) is 0 Å². The summed E-state index contributed by atoms with van der Waals surface area (Å²) in [6.45, 7) is 7.15. The highest BCUT2D eigenvalue weighted by Crippen LogP contribution is 2.33. The number of carboxylic acids is 1. The van der Waals surface area contributed by atoms with Crippen LogP contribution < -0.4 is 5.32 Å². The predicted molar refractivity (Wildman–Crippen MR) is 71.9 cm³/mol. The van der Waals surface area contributed by atoms with Crippen LogP contribution in [0.4, 0.5) is 4.79 Å². The lowest BCUT2D eigenvalue weighted by molar-refractivity contribution is -0.141. The maximum absolute atomic E-state index is 11.7. The molecule has 0 aromatic carbocycles. The number of alkyl carbamates (subject to hydrolysis) is 1. The maximum atomic E-state index is 11.7. The molecule has 0 heterocycles. The van der Waals surface area contributed by atoms with E-state index in [0.29, 0.717) is 5.92 Å². The monoisotopic (exact) mass is 271 g/mol. The van der Waals surface area contributed by atoms with Gasteiger partial charge in [-0.15, -0.1) is 0 Å². The highest BCUT2D eigenvalue weighted by Gasteiger charge is 2.34. The van der Waals surface area contributed by atoms with Gasteiger partial charge in [-0.1, -0.05) is 32.6 Å². The van der Waals surface area contributed by atoms with Crippen molar-refractivity contribution < 1.29 is 19.4 Å². The van der Waals surface area contributed by atoms with E-state index in [9.17, 15) is 14.7 Å². The lowest BCUT2D eigenvalue weighted by Gasteiger charge is -2.28. The first kappa shape index (κ1) is 15.8. The molecule has 0 aromatic heterocycles. The summed E-state index contributed by atoms with van der Waals surface area (Å²) in [5.74, 6) is -0.700. The number of aliphatic carboxylic acids is 1. The summed E-state index contributed by atoms with van der Waals surface area (Å²) in [6.07, 6.45) is 3.72. The van der Waals surface area contributed by atoms with Crippen LogP contribution >= 0.6 is 0 Å². The van der Waals surface area contributed by atoms with Crippen molar-refractivity contribution in [3.8, 4) is 0 Å². The van der Waals surface area contributed by atoms with Gasteiger partial charge >= 0.3 is 12.1 Å². The standard InChI is InChI=1S/C14H25NO4/c1-9(10-7-5-6-8-10)11(12(16)17)15-13(18)19-14(2,3)4/h9-11H,5-8H2,1-4H3,(H,15,18)(H,16,17)/t9?,11-/m0/s1. The number of hydrogen-bond acceptors (Lipinski definition) is 3. The third-order valence-corrected chi connectivity index (χ3v) is 3.61. The summed E-state index contributed by atoms with van der Waals surface area (Å²) in [5, 5.41) is 11.8. The molecule has 0 saturated heterocycles. The van der Waals surface area contributed by atoms with Gasteiger partial charge < -0.3 is 15.2 Å². The molecule has 1 fully saturated rings. The van der Waals surface area contributed by atoms with Crippen LogP contribution in [0.15, 0.2) is 0 Å². The average Bonchev–Trinajstić information content (AvgIpc) is 2.75. The largest absolute Gasteiger partial charge is 0.480 e. The Morgan fingerprint density at radius 1 is 1.26 bits per heavy atom. The molecule has 5 nitrogen and oxygen atoms in total. The van der Waals surface area contributed by atoms with E-state index in [1.54, 1.807) is 20.8 Å². The number of hydrogen-bond donors (Lipinski definition) is 2. The Morgan fingerprint density at radius 3 is 2.21 bits per heavy atom. The van der Waals surface area contributed by atoms with Crippen molar-refractivity contribution in [1.82, 2.24) is 5.32 Å². The fourth-order valence-corrected chi connectivity index (χ4v) is 2.61. The SMILES string of the molecule is CC(C1CCCC1)[C@H](NC(=O)OC(C)(C)C)C(=O)O. The van der Waals surface area contributed by atoms with Crippen LogP contribution in [0.2, 0.25) is 0 Å². The third-order valence-electron chi connectivity index (χ3n) is 3.61. The van der Waals surface area contributed by atoms with Crippen LogP contribution in [0.5, 0.6) is 0 Å². The van der Waals surface area contributed by atoms with Gasteiger partial charge in [0.2, 0.25) is 0 Å². The second-order valence-corrected chi connectivity index (χ2v) is 6.37. The Hall–Kier alpha value is -1.26. The zero-order valence-corrected chi connectivity index (χ0v) is 12.2. The molecule has 2 atom stereocenters. The summed E-state index contributed by atoms with van der Waals surface area (Å²) in [4.78, 5) is 23.0. The first-order valence-corrected chi connectivity index (χ1v) is 6.93. The molecule has 1 aliphatic carbocycles. The minimum Gasteiger partial charge on any atom is -0.480 e. The van der Waals surface area contributed by atoms with E-state index in [1.807, 2.05) is 6.92 Å². The zero-order chi connectivity index (χ0) is 14.6. The van der Waals surface area contributed by atoms with Crippen LogP contribution in [0.25, 0.3) is 0 Å². The molecule has 0 spiro atoms. The number of amides is 1. The Balaban J connectivity index is 2.62. The van der Waals surface area contributed by atoms with Gasteiger partial charge in [0.05, 0.1) is 0 Å². The average molecular weight is 271 g/mol. The molecule has 1 saturated carbocycles. The smallest absolute Gasteiger partial charge is 0.408 e. The molecular weight excluding hydrogens is 246 g/mol. The summed E-state index contributed by atoms with van der Waals surface area (Å²) < 4.78 is 5.12. The van der Waals surface area contributed by atoms with Crippen molar-refractivity contribution >= 4 is 12.1 Å². The number of nitrogens with one attached hydrogen (secondary N) is 1. The third kappa shape index (κ3) is 5.09. The Morgan fingerprint density at radius 2 is 1.79 bits per heavy atom. The fraction of sp³-hybridized carbons (Fsp3) is 0.857. The number of rotatable bonds is 4. The Kier molecular flexibility index (Phi) is 5.20. The summed E-state index contributed by atoms with van der Waals surface area (Å²) in [7, 11) is 0. The minimum atomic E-state index is -0.995. The number of carbonyl (C=O) groups excluding carboxylic acids is 1. The molecule has 1 rings (SSSR count). The van der Waals surface area contributed by atoms with Gasteiger partial charge in [0.15, 0.2) is 0 Å². The van der Waals surface area contributed by atoms with Crippen molar-refractivity contribution in [2.75, 3.05) is 0 Å². The number of ether oxygens (including phenoxy) is 1. The van der Waals surface area contributed by atoms with Crippen molar-refractivity contribution in [3.63, 3.8) is 0 Å². The maximum Gasteiger partial charge on any atom is 0.408 e. The quantitative estimate of drug-likeness (QED) is 0.824. The highest BCUT2D eigenvalue weighted by atomic mass is 16.6. The van der Waals surface area contributed by atoms with Crippen molar-refractivity contribution in [2.24, 2.45) is 11.8 Å². The lowest BCUT2D eigenvalue weighted by Crippen LogP contribution is -2.48. The Bertz CT molecular complexity index is 329. The minimum absolute atomic E-state index is 0.0764. The van der Waals surface area contributed by atoms with Crippen LogP contribution in [-0.4, -0.2) is 28.8 Å². The molecule has 1 aliphatic rings. The first-order valence-electron chi connectivity index (χ1n) is 6.93. The summed E-state index contributed by atoms with van der Waals surface area (Å²) in [6, 6.07) is -0.877. The van der Waals surface area contributed by atoms with Crippen LogP contribution in [-0.2, 0) is 9.53 Å². The molecule has 1 unspecified atom stereocenters. The number of carbonyl (C=O) groups is 2. The topological polar surface area (TPSA) is 75.6 Å². The lowest BCUT2D eigenvalue weighted by atomic mass is 9.86. The molecule has 0 aliphatic heterocycles. The molecule has 110 valence electrons. The van der Waals surface area contributed by atoms with Gasteiger partial charge in [-0.2, -0.15) is 0 Å². The molecule has 1 amide bonds. The van der Waals surface area contributed by atoms with Gasteiger partial charge in [-0.05, 0) is 32.6 Å². The van der Waals surface area contributed by atoms with E-state index >= 15 is 0 Å². The number of carboxylic acid groups (broad SMARTS) is 1. The van der Waals surface area contributed by atoms with E-state index in [-0.39, 0.29) is 5.92 Å². The summed E-state index contributed by atoms with van der Waals surface area (Å²) in [5.41, 5.74) is -0.621. The Labute approximate surface area is 114 Å². The molecule has 19 heavy (non-hydrogen) atoms. The van der Waals surface area contributed by atoms with Gasteiger partial charge in [-0.3, -0.25) is 0 Å². The van der Waals surface area contributed by atoms with Crippen LogP contribution in [0.1, 0.15) is 53.4 Å². The second kappa shape index (κ2) is 6.26. The van der Waals surface area contributed by atoms with E-state index in [4.69, 9.17) is 4.74 Å². The molecule has 0 aromatic rings. The van der Waals surface area contributed by atoms with Crippen molar-refractivity contribution in [3.05, 3.63) is 0 Å². The van der Waals surface area contributed by atoms with E-state index < -0.39 is 23.7 Å². The summed E-state index contributed by atoms with van der Waals surface area (Å²) >= 11 is 0. The second-order valence-electron chi connectivity index (χ2n) is 6.37. The van der Waals surface area contributed by atoms with Crippen LogP contribution in [0.3, 0.4) is 0 Å². The van der Waals surface area contributed by atoms with Crippen molar-refractivity contribution in [1.29, 1.82) is 0 Å². The molecule has 2 N–H and O–H groups in total. The predicted octanol–water partition coefficient (Wildman–Crippen LogP) is 2.79. The van der Waals surface area contributed by atoms with Gasteiger partial charge in [0.1, 0.15) is 11.6 Å². The highest BCUT2D eigenvalue weighted by molar-refractivity contribution is 5.80. The zero-order valence-electron chi connectivity index (χ0n) is 12.2. The van der Waals surface area contributed by atoms with Crippen LogP contribution in [0, 0.1) is 11.8 Å². The van der Waals surface area contributed by atoms with E-state index in [2.05, 4.69) is 5.32 Å². The molecule has 0 radical (unpaired) electrons. The first-order chi connectivity index (χ1) is 8.70. The fourth-order valence-electron chi connectivity index (χ4n) is 2.61. The normalized spacial score (nSPS) is 19.8. The molecule has 5 heteroatoms. The van der Waals surface area contributed by atoms with E-state index in [0.717, 1.165) is 25.7 Å². The van der Waals surface area contributed by atoms with Gasteiger partial charge in [0.25, 0.3) is 0 Å². The van der Waals surface area contributed by atoms with Gasteiger partial charge in [-0.25, -0.2) is 9.59 Å².